The molecule has 0 radical (unpaired) electrons. The molecule has 5 heteroatoms. The molecular weight excluding hydrogens is 232 g/mol. The standard InChI is InChI=1S/C13H16N2O3/c1-9(16)8-10-4-2-3-5-11(10)15-7-6-14-12(17)13(15)18/h2-5,9,16H,6-8H2,1H3,(H,14,17). The van der Waals surface area contributed by atoms with Crippen molar-refractivity contribution in [2.24, 2.45) is 0 Å². The van der Waals surface area contributed by atoms with E-state index in [-0.39, 0.29) is 0 Å². The van der Waals surface area contributed by atoms with Gasteiger partial charge in [0, 0.05) is 25.2 Å². The monoisotopic (exact) mass is 248 g/mol. The molecule has 1 unspecified atom stereocenters. The van der Waals surface area contributed by atoms with Crippen LogP contribution in [0.15, 0.2) is 24.3 Å². The van der Waals surface area contributed by atoms with E-state index in [1.165, 1.54) is 4.90 Å². The van der Waals surface area contributed by atoms with Crippen molar-refractivity contribution in [1.82, 2.24) is 5.32 Å². The SMILES string of the molecule is CC(O)Cc1ccccc1N1CCNC(=O)C1=O. The summed E-state index contributed by atoms with van der Waals surface area (Å²) in [6.07, 6.45) is -0.0263. The van der Waals surface area contributed by atoms with Crippen molar-refractivity contribution >= 4 is 17.5 Å². The zero-order chi connectivity index (χ0) is 13.1. The van der Waals surface area contributed by atoms with E-state index in [0.29, 0.717) is 25.2 Å². The summed E-state index contributed by atoms with van der Waals surface area (Å²) in [5.41, 5.74) is 1.58. The zero-order valence-corrected chi connectivity index (χ0v) is 10.2. The second-order valence-corrected chi connectivity index (χ2v) is 4.39. The molecule has 2 amide bonds. The van der Waals surface area contributed by atoms with Crippen LogP contribution < -0.4 is 10.2 Å². The van der Waals surface area contributed by atoms with Crippen LogP contribution in [0.2, 0.25) is 0 Å². The molecule has 96 valence electrons. The lowest BCUT2D eigenvalue weighted by molar-refractivity contribution is -0.138. The second-order valence-electron chi connectivity index (χ2n) is 4.39. The lowest BCUT2D eigenvalue weighted by atomic mass is 10.0. The van der Waals surface area contributed by atoms with Crippen molar-refractivity contribution in [2.75, 3.05) is 18.0 Å². The molecule has 0 saturated carbocycles. The number of benzene rings is 1. The van der Waals surface area contributed by atoms with Gasteiger partial charge in [0.25, 0.3) is 0 Å². The van der Waals surface area contributed by atoms with Crippen LogP contribution in [-0.2, 0) is 16.0 Å². The van der Waals surface area contributed by atoms with Gasteiger partial charge in [-0.05, 0) is 18.6 Å². The number of hydrogen-bond acceptors (Lipinski definition) is 3. The Hall–Kier alpha value is -1.88. The fourth-order valence-electron chi connectivity index (χ4n) is 2.08. The van der Waals surface area contributed by atoms with Crippen LogP contribution in [0.25, 0.3) is 0 Å². The van der Waals surface area contributed by atoms with Crippen molar-refractivity contribution < 1.29 is 14.7 Å². The lowest BCUT2D eigenvalue weighted by Crippen LogP contribution is -2.52. The number of aliphatic hydroxyl groups is 1. The summed E-state index contributed by atoms with van der Waals surface area (Å²) in [7, 11) is 0. The first-order valence-electron chi connectivity index (χ1n) is 5.95. The van der Waals surface area contributed by atoms with Gasteiger partial charge in [-0.15, -0.1) is 0 Å². The summed E-state index contributed by atoms with van der Waals surface area (Å²) in [6.45, 7) is 2.61. The smallest absolute Gasteiger partial charge is 0.316 e. The summed E-state index contributed by atoms with van der Waals surface area (Å²) in [6, 6.07) is 7.34. The molecule has 0 aliphatic carbocycles. The third-order valence-corrected chi connectivity index (χ3v) is 2.86. The minimum atomic E-state index is -0.576. The average molecular weight is 248 g/mol. The van der Waals surface area contributed by atoms with Crippen molar-refractivity contribution in [1.29, 1.82) is 0 Å². The third-order valence-electron chi connectivity index (χ3n) is 2.86. The van der Waals surface area contributed by atoms with Gasteiger partial charge in [0.1, 0.15) is 0 Å². The Labute approximate surface area is 105 Å². The summed E-state index contributed by atoms with van der Waals surface area (Å²) in [4.78, 5) is 24.6. The molecule has 0 bridgehead atoms. The molecule has 0 aromatic heterocycles. The molecule has 2 N–H and O–H groups in total. The molecule has 5 nitrogen and oxygen atoms in total. The van der Waals surface area contributed by atoms with Gasteiger partial charge in [-0.1, -0.05) is 18.2 Å². The minimum absolute atomic E-state index is 0.452. The van der Waals surface area contributed by atoms with E-state index < -0.39 is 17.9 Å². The third kappa shape index (κ3) is 2.51. The van der Waals surface area contributed by atoms with Gasteiger partial charge in [0.15, 0.2) is 0 Å². The predicted molar refractivity (Wildman–Crippen MR) is 67.2 cm³/mol. The van der Waals surface area contributed by atoms with Crippen LogP contribution in [0.4, 0.5) is 5.69 Å². The first kappa shape index (κ1) is 12.6. The van der Waals surface area contributed by atoms with Crippen LogP contribution in [0.3, 0.4) is 0 Å². The fourth-order valence-corrected chi connectivity index (χ4v) is 2.08. The number of nitrogens with zero attached hydrogens (tertiary/aromatic N) is 1. The Morgan fingerprint density at radius 2 is 2.11 bits per heavy atom. The van der Waals surface area contributed by atoms with E-state index in [1.807, 2.05) is 18.2 Å². The van der Waals surface area contributed by atoms with Gasteiger partial charge in [-0.2, -0.15) is 0 Å². The molecule has 1 fully saturated rings. The lowest BCUT2D eigenvalue weighted by Gasteiger charge is -2.28. The number of amides is 2. The Morgan fingerprint density at radius 3 is 2.83 bits per heavy atom. The minimum Gasteiger partial charge on any atom is -0.393 e. The van der Waals surface area contributed by atoms with Crippen LogP contribution >= 0.6 is 0 Å². The van der Waals surface area contributed by atoms with E-state index in [1.54, 1.807) is 13.0 Å². The van der Waals surface area contributed by atoms with Crippen molar-refractivity contribution in [3.05, 3.63) is 29.8 Å². The van der Waals surface area contributed by atoms with Crippen molar-refractivity contribution in [2.45, 2.75) is 19.4 Å². The van der Waals surface area contributed by atoms with Gasteiger partial charge in [0.05, 0.1) is 6.10 Å². The average Bonchev–Trinajstić information content (AvgIpc) is 2.33. The number of carbonyl (C=O) groups excluding carboxylic acids is 2. The molecule has 0 spiro atoms. The van der Waals surface area contributed by atoms with Crippen LogP contribution in [0, 0.1) is 0 Å². The van der Waals surface area contributed by atoms with Crippen molar-refractivity contribution in [3.8, 4) is 0 Å². The number of rotatable bonds is 3. The van der Waals surface area contributed by atoms with Gasteiger partial charge in [-0.25, -0.2) is 0 Å². The Kier molecular flexibility index (Phi) is 3.62. The fraction of sp³-hybridized carbons (Fsp3) is 0.385. The number of carbonyl (C=O) groups is 2. The Bertz CT molecular complexity index is 471. The molecule has 1 atom stereocenters. The van der Waals surface area contributed by atoms with Gasteiger partial charge >= 0.3 is 11.8 Å². The maximum atomic E-state index is 11.8. The number of para-hydroxylation sites is 1. The maximum absolute atomic E-state index is 11.8. The molecular formula is C13H16N2O3. The van der Waals surface area contributed by atoms with Gasteiger partial charge < -0.3 is 15.3 Å². The second kappa shape index (κ2) is 5.18. The summed E-state index contributed by atoms with van der Waals surface area (Å²) < 4.78 is 0. The molecule has 2 rings (SSSR count). The van der Waals surface area contributed by atoms with Crippen molar-refractivity contribution in [3.63, 3.8) is 0 Å². The highest BCUT2D eigenvalue weighted by Crippen LogP contribution is 2.22. The summed E-state index contributed by atoms with van der Waals surface area (Å²) in [5.74, 6) is -1.12. The van der Waals surface area contributed by atoms with E-state index in [0.717, 1.165) is 5.56 Å². The summed E-state index contributed by atoms with van der Waals surface area (Å²) >= 11 is 0. The molecule has 18 heavy (non-hydrogen) atoms. The highest BCUT2D eigenvalue weighted by atomic mass is 16.3. The molecule has 1 aliphatic heterocycles. The van der Waals surface area contributed by atoms with Crippen LogP contribution in [-0.4, -0.2) is 36.1 Å². The zero-order valence-electron chi connectivity index (χ0n) is 10.2. The normalized spacial score (nSPS) is 17.6. The Balaban J connectivity index is 2.32. The molecule has 1 aromatic carbocycles. The summed E-state index contributed by atoms with van der Waals surface area (Å²) in [5, 5.41) is 12.0. The quantitative estimate of drug-likeness (QED) is 0.744. The van der Waals surface area contributed by atoms with Gasteiger partial charge in [0.2, 0.25) is 0 Å². The highest BCUT2D eigenvalue weighted by Gasteiger charge is 2.28. The maximum Gasteiger partial charge on any atom is 0.316 e. The highest BCUT2D eigenvalue weighted by molar-refractivity contribution is 6.41. The number of nitrogens with one attached hydrogen (secondary N) is 1. The Morgan fingerprint density at radius 1 is 1.39 bits per heavy atom. The van der Waals surface area contributed by atoms with Gasteiger partial charge in [-0.3, -0.25) is 9.59 Å². The number of piperazine rings is 1. The topological polar surface area (TPSA) is 69.6 Å². The van der Waals surface area contributed by atoms with E-state index in [2.05, 4.69) is 5.32 Å². The molecule has 1 aliphatic rings. The van der Waals surface area contributed by atoms with E-state index in [4.69, 9.17) is 0 Å². The number of aliphatic hydroxyl groups excluding tert-OH is 1. The molecule has 1 saturated heterocycles. The van der Waals surface area contributed by atoms with Crippen LogP contribution in [0.1, 0.15) is 12.5 Å². The first-order valence-corrected chi connectivity index (χ1v) is 5.95. The number of anilines is 1. The van der Waals surface area contributed by atoms with E-state index >= 15 is 0 Å². The number of hydrogen-bond donors (Lipinski definition) is 2. The first-order chi connectivity index (χ1) is 8.59. The largest absolute Gasteiger partial charge is 0.393 e. The predicted octanol–water partition coefficient (Wildman–Crippen LogP) is 0.0727. The molecule has 1 aromatic rings. The van der Waals surface area contributed by atoms with E-state index in [9.17, 15) is 14.7 Å². The van der Waals surface area contributed by atoms with Crippen LogP contribution in [0.5, 0.6) is 0 Å². The molecule has 1 heterocycles.